The molecule has 0 radical (unpaired) electrons. The van der Waals surface area contributed by atoms with E-state index in [-0.39, 0.29) is 22.0 Å². The lowest BCUT2D eigenvalue weighted by atomic mass is 10.1. The Kier molecular flexibility index (Phi) is 3.44. The number of hydrogen-bond acceptors (Lipinski definition) is 3. The van der Waals surface area contributed by atoms with Crippen molar-refractivity contribution in [3.63, 3.8) is 0 Å². The Labute approximate surface area is 98.0 Å². The van der Waals surface area contributed by atoms with Gasteiger partial charge in [0.05, 0.1) is 10.5 Å². The zero-order valence-corrected chi connectivity index (χ0v) is 9.85. The summed E-state index contributed by atoms with van der Waals surface area (Å²) in [5, 5.41) is 2.64. The first-order valence-corrected chi connectivity index (χ1v) is 5.05. The standard InChI is InChI=1S/C10H13N3O2S/c1-10(2,9(11)16)13-8(15)6-3-4-12-7(14)5-6/h3-5H,1-2H3,(H2,11,16)(H,12,14)(H,13,15). The van der Waals surface area contributed by atoms with Crippen molar-refractivity contribution in [3.05, 3.63) is 34.2 Å². The highest BCUT2D eigenvalue weighted by Gasteiger charge is 2.24. The molecule has 0 atom stereocenters. The average Bonchev–Trinajstić information content (AvgIpc) is 2.16. The fourth-order valence-electron chi connectivity index (χ4n) is 1.00. The van der Waals surface area contributed by atoms with Crippen LogP contribution in [0.4, 0.5) is 0 Å². The number of rotatable bonds is 3. The molecule has 0 fully saturated rings. The van der Waals surface area contributed by atoms with Crippen LogP contribution in [0.2, 0.25) is 0 Å². The number of hydrogen-bond donors (Lipinski definition) is 3. The Bertz CT molecular complexity index is 479. The molecule has 86 valence electrons. The van der Waals surface area contributed by atoms with Gasteiger partial charge in [-0.25, -0.2) is 0 Å². The van der Waals surface area contributed by atoms with Gasteiger partial charge in [-0.2, -0.15) is 0 Å². The Morgan fingerprint density at radius 1 is 1.56 bits per heavy atom. The van der Waals surface area contributed by atoms with Crippen LogP contribution < -0.4 is 16.6 Å². The van der Waals surface area contributed by atoms with Gasteiger partial charge >= 0.3 is 0 Å². The highest BCUT2D eigenvalue weighted by Crippen LogP contribution is 2.04. The first-order chi connectivity index (χ1) is 7.33. The molecule has 1 rings (SSSR count). The van der Waals surface area contributed by atoms with E-state index in [4.69, 9.17) is 18.0 Å². The Hall–Kier alpha value is -1.69. The maximum absolute atomic E-state index is 11.7. The number of H-pyrrole nitrogens is 1. The first-order valence-electron chi connectivity index (χ1n) is 4.64. The Morgan fingerprint density at radius 3 is 2.69 bits per heavy atom. The smallest absolute Gasteiger partial charge is 0.252 e. The summed E-state index contributed by atoms with van der Waals surface area (Å²) in [5.74, 6) is -0.385. The van der Waals surface area contributed by atoms with Crippen LogP contribution in [0.1, 0.15) is 24.2 Å². The SMILES string of the molecule is CC(C)(NC(=O)c1cc[nH]c(=O)c1)C(N)=S. The summed E-state index contributed by atoms with van der Waals surface area (Å²) in [7, 11) is 0. The van der Waals surface area contributed by atoms with Gasteiger partial charge in [0, 0.05) is 17.8 Å². The first kappa shape index (κ1) is 12.4. The van der Waals surface area contributed by atoms with Crippen molar-refractivity contribution in [2.45, 2.75) is 19.4 Å². The molecule has 0 saturated carbocycles. The molecule has 6 heteroatoms. The second kappa shape index (κ2) is 4.44. The number of aromatic amines is 1. The Morgan fingerprint density at radius 2 is 2.19 bits per heavy atom. The molecule has 0 aliphatic rings. The van der Waals surface area contributed by atoms with Crippen molar-refractivity contribution >= 4 is 23.1 Å². The molecule has 1 aromatic rings. The third-order valence-electron chi connectivity index (χ3n) is 2.08. The molecule has 0 spiro atoms. The maximum Gasteiger partial charge on any atom is 0.252 e. The van der Waals surface area contributed by atoms with E-state index in [9.17, 15) is 9.59 Å². The topological polar surface area (TPSA) is 88.0 Å². The van der Waals surface area contributed by atoms with E-state index in [0.29, 0.717) is 0 Å². The molecule has 1 heterocycles. The summed E-state index contributed by atoms with van der Waals surface area (Å²) in [4.78, 5) is 25.4. The van der Waals surface area contributed by atoms with E-state index in [1.807, 2.05) is 0 Å². The van der Waals surface area contributed by atoms with Crippen LogP contribution >= 0.6 is 12.2 Å². The van der Waals surface area contributed by atoms with Gasteiger partial charge in [0.25, 0.3) is 5.91 Å². The zero-order valence-electron chi connectivity index (χ0n) is 9.03. The lowest BCUT2D eigenvalue weighted by Gasteiger charge is -2.24. The number of carbonyl (C=O) groups excluding carboxylic acids is 1. The molecular formula is C10H13N3O2S. The van der Waals surface area contributed by atoms with E-state index in [2.05, 4.69) is 10.3 Å². The highest BCUT2D eigenvalue weighted by molar-refractivity contribution is 7.80. The van der Waals surface area contributed by atoms with Crippen LogP contribution in [0.3, 0.4) is 0 Å². The van der Waals surface area contributed by atoms with E-state index in [1.165, 1.54) is 18.3 Å². The summed E-state index contributed by atoms with van der Waals surface area (Å²) in [6.45, 7) is 3.39. The van der Waals surface area contributed by atoms with E-state index in [1.54, 1.807) is 13.8 Å². The van der Waals surface area contributed by atoms with Crippen LogP contribution in [0.15, 0.2) is 23.1 Å². The summed E-state index contributed by atoms with van der Waals surface area (Å²) < 4.78 is 0. The number of pyridine rings is 1. The fraction of sp³-hybridized carbons (Fsp3) is 0.300. The van der Waals surface area contributed by atoms with Crippen LogP contribution in [0, 0.1) is 0 Å². The molecule has 0 saturated heterocycles. The van der Waals surface area contributed by atoms with Crippen molar-refractivity contribution in [2.24, 2.45) is 5.73 Å². The predicted octanol–water partition coefficient (Wildman–Crippen LogP) is 0.169. The second-order valence-corrected chi connectivity index (χ2v) is 4.32. The number of nitrogens with one attached hydrogen (secondary N) is 2. The van der Waals surface area contributed by atoms with E-state index in [0.717, 1.165) is 0 Å². The van der Waals surface area contributed by atoms with Crippen LogP contribution in [0.25, 0.3) is 0 Å². The van der Waals surface area contributed by atoms with Gasteiger partial charge in [0.2, 0.25) is 5.56 Å². The van der Waals surface area contributed by atoms with Gasteiger partial charge in [0.1, 0.15) is 0 Å². The van der Waals surface area contributed by atoms with E-state index < -0.39 is 5.54 Å². The van der Waals surface area contributed by atoms with Gasteiger partial charge < -0.3 is 16.0 Å². The molecule has 16 heavy (non-hydrogen) atoms. The number of carbonyl (C=O) groups is 1. The van der Waals surface area contributed by atoms with Crippen LogP contribution in [-0.4, -0.2) is 21.4 Å². The normalized spacial score (nSPS) is 10.9. The number of thiocarbonyl (C=S) groups is 1. The zero-order chi connectivity index (χ0) is 12.3. The van der Waals surface area contributed by atoms with Gasteiger partial charge in [0.15, 0.2) is 0 Å². The molecule has 1 aromatic heterocycles. The van der Waals surface area contributed by atoms with Crippen LogP contribution in [-0.2, 0) is 0 Å². The predicted molar refractivity (Wildman–Crippen MR) is 65.4 cm³/mol. The molecular weight excluding hydrogens is 226 g/mol. The molecule has 0 aromatic carbocycles. The fourth-order valence-corrected chi connectivity index (χ4v) is 1.05. The second-order valence-electron chi connectivity index (χ2n) is 3.88. The van der Waals surface area contributed by atoms with Crippen molar-refractivity contribution in [1.82, 2.24) is 10.3 Å². The van der Waals surface area contributed by atoms with E-state index >= 15 is 0 Å². The third kappa shape index (κ3) is 2.90. The molecule has 1 amide bonds. The molecule has 0 aliphatic heterocycles. The third-order valence-corrected chi connectivity index (χ3v) is 2.59. The molecule has 0 bridgehead atoms. The maximum atomic E-state index is 11.7. The summed E-state index contributed by atoms with van der Waals surface area (Å²) in [5.41, 5.74) is 4.63. The molecule has 0 aliphatic carbocycles. The van der Waals surface area contributed by atoms with Gasteiger partial charge in [-0.15, -0.1) is 0 Å². The molecule has 5 nitrogen and oxygen atoms in total. The minimum atomic E-state index is -0.783. The number of nitrogens with two attached hydrogens (primary N) is 1. The van der Waals surface area contributed by atoms with Gasteiger partial charge in [-0.3, -0.25) is 9.59 Å². The van der Waals surface area contributed by atoms with Gasteiger partial charge in [-0.05, 0) is 19.9 Å². The monoisotopic (exact) mass is 239 g/mol. The summed E-state index contributed by atoms with van der Waals surface area (Å²) in [6, 6.07) is 2.72. The molecule has 0 unspecified atom stereocenters. The minimum Gasteiger partial charge on any atom is -0.391 e. The Balaban J connectivity index is 2.89. The largest absolute Gasteiger partial charge is 0.391 e. The van der Waals surface area contributed by atoms with Crippen molar-refractivity contribution < 1.29 is 4.79 Å². The summed E-state index contributed by atoms with van der Waals surface area (Å²) >= 11 is 4.82. The van der Waals surface area contributed by atoms with Crippen molar-refractivity contribution in [2.75, 3.05) is 0 Å². The number of aromatic nitrogens is 1. The number of amides is 1. The molecule has 4 N–H and O–H groups in total. The van der Waals surface area contributed by atoms with Gasteiger partial charge in [-0.1, -0.05) is 12.2 Å². The summed E-state index contributed by atoms with van der Waals surface area (Å²) in [6.07, 6.45) is 1.41. The van der Waals surface area contributed by atoms with Crippen molar-refractivity contribution in [1.29, 1.82) is 0 Å². The van der Waals surface area contributed by atoms with Crippen LogP contribution in [0.5, 0.6) is 0 Å². The van der Waals surface area contributed by atoms with Crippen molar-refractivity contribution in [3.8, 4) is 0 Å². The highest BCUT2D eigenvalue weighted by atomic mass is 32.1. The lowest BCUT2D eigenvalue weighted by Crippen LogP contribution is -2.52. The quantitative estimate of drug-likeness (QED) is 0.656. The average molecular weight is 239 g/mol. The minimum absolute atomic E-state index is 0.186. The lowest BCUT2D eigenvalue weighted by molar-refractivity contribution is 0.0932.